The molecule has 0 amide bonds. The fourth-order valence-corrected chi connectivity index (χ4v) is 2.72. The molecule has 0 spiro atoms. The van der Waals surface area contributed by atoms with Crippen LogP contribution in [0, 0.1) is 0 Å². The molecule has 1 aliphatic rings. The third kappa shape index (κ3) is 4.96. The van der Waals surface area contributed by atoms with E-state index in [-0.39, 0.29) is 11.9 Å². The second kappa shape index (κ2) is 6.32. The first-order chi connectivity index (χ1) is 9.32. The summed E-state index contributed by atoms with van der Waals surface area (Å²) in [6.45, 7) is 4.72. The zero-order chi connectivity index (χ0) is 14.8. The van der Waals surface area contributed by atoms with Crippen LogP contribution in [0.5, 0.6) is 5.75 Å². The van der Waals surface area contributed by atoms with Gasteiger partial charge in [0.25, 0.3) is 0 Å². The fourth-order valence-electron chi connectivity index (χ4n) is 2.20. The molecule has 1 heterocycles. The zero-order valence-corrected chi connectivity index (χ0v) is 12.5. The number of morpholine rings is 1. The van der Waals surface area contributed by atoms with Crippen molar-refractivity contribution < 1.29 is 22.6 Å². The summed E-state index contributed by atoms with van der Waals surface area (Å²) >= 11 is 3.21. The molecule has 3 nitrogen and oxygen atoms in total. The predicted molar refractivity (Wildman–Crippen MR) is 71.5 cm³/mol. The summed E-state index contributed by atoms with van der Waals surface area (Å²) in [5.74, 6) is -0.205. The van der Waals surface area contributed by atoms with Crippen LogP contribution >= 0.6 is 15.9 Å². The molecule has 7 heteroatoms. The van der Waals surface area contributed by atoms with Gasteiger partial charge in [0.05, 0.1) is 12.7 Å². The average Bonchev–Trinajstić information content (AvgIpc) is 2.25. The number of ether oxygens (including phenoxy) is 2. The second-order valence-electron chi connectivity index (χ2n) is 4.76. The minimum atomic E-state index is -4.68. The summed E-state index contributed by atoms with van der Waals surface area (Å²) < 4.78 is 46.7. The molecule has 2 rings (SSSR count). The van der Waals surface area contributed by atoms with Gasteiger partial charge in [0.1, 0.15) is 5.75 Å². The number of nitrogens with zero attached hydrogens (tertiary/aromatic N) is 1. The van der Waals surface area contributed by atoms with Crippen LogP contribution in [0.1, 0.15) is 12.5 Å². The standard InChI is InChI=1S/C13H15BrF3NO2/c1-9-7-18(2-3-19-9)8-10-4-11(14)6-12(5-10)20-13(15,16)17/h4-6,9H,2-3,7-8H2,1H3/t9-/m0/s1. The summed E-state index contributed by atoms with van der Waals surface area (Å²) in [5, 5.41) is 0. The van der Waals surface area contributed by atoms with Gasteiger partial charge in [-0.3, -0.25) is 4.90 Å². The zero-order valence-electron chi connectivity index (χ0n) is 10.9. The highest BCUT2D eigenvalue weighted by Crippen LogP contribution is 2.28. The predicted octanol–water partition coefficient (Wildman–Crippen LogP) is 3.57. The van der Waals surface area contributed by atoms with Crippen molar-refractivity contribution in [3.8, 4) is 5.75 Å². The second-order valence-corrected chi connectivity index (χ2v) is 5.68. The lowest BCUT2D eigenvalue weighted by molar-refractivity contribution is -0.274. The lowest BCUT2D eigenvalue weighted by atomic mass is 10.2. The Hall–Kier alpha value is -0.790. The summed E-state index contributed by atoms with van der Waals surface area (Å²) in [5.41, 5.74) is 0.771. The van der Waals surface area contributed by atoms with Gasteiger partial charge in [-0.15, -0.1) is 13.2 Å². The number of alkyl halides is 3. The van der Waals surface area contributed by atoms with Crippen LogP contribution in [-0.2, 0) is 11.3 Å². The molecule has 0 N–H and O–H groups in total. The fraction of sp³-hybridized carbons (Fsp3) is 0.538. The Labute approximate surface area is 123 Å². The minimum Gasteiger partial charge on any atom is -0.406 e. The van der Waals surface area contributed by atoms with Gasteiger partial charge in [0.2, 0.25) is 0 Å². The van der Waals surface area contributed by atoms with Gasteiger partial charge < -0.3 is 9.47 Å². The van der Waals surface area contributed by atoms with E-state index >= 15 is 0 Å². The normalized spacial score (nSPS) is 20.9. The van der Waals surface area contributed by atoms with Gasteiger partial charge in [-0.25, -0.2) is 0 Å². The van der Waals surface area contributed by atoms with Crippen LogP contribution < -0.4 is 4.74 Å². The Morgan fingerprint density at radius 3 is 2.80 bits per heavy atom. The highest BCUT2D eigenvalue weighted by molar-refractivity contribution is 9.10. The van der Waals surface area contributed by atoms with Crippen LogP contribution in [0.25, 0.3) is 0 Å². The van der Waals surface area contributed by atoms with E-state index < -0.39 is 6.36 Å². The van der Waals surface area contributed by atoms with Crippen LogP contribution in [-0.4, -0.2) is 37.1 Å². The average molecular weight is 354 g/mol. The maximum atomic E-state index is 12.3. The smallest absolute Gasteiger partial charge is 0.406 e. The summed E-state index contributed by atoms with van der Waals surface area (Å²) in [6.07, 6.45) is -4.53. The molecule has 0 aliphatic carbocycles. The van der Waals surface area contributed by atoms with Crippen molar-refractivity contribution in [1.82, 2.24) is 4.90 Å². The lowest BCUT2D eigenvalue weighted by Gasteiger charge is -2.31. The molecule has 1 aromatic rings. The maximum Gasteiger partial charge on any atom is 0.573 e. The van der Waals surface area contributed by atoms with E-state index in [4.69, 9.17) is 4.74 Å². The topological polar surface area (TPSA) is 21.7 Å². The molecule has 0 radical (unpaired) electrons. The molecule has 1 aliphatic heterocycles. The molecule has 112 valence electrons. The number of hydrogen-bond acceptors (Lipinski definition) is 3. The number of halogens is 4. The van der Waals surface area contributed by atoms with Crippen molar-refractivity contribution in [2.24, 2.45) is 0 Å². The minimum absolute atomic E-state index is 0.141. The third-order valence-electron chi connectivity index (χ3n) is 2.90. The largest absolute Gasteiger partial charge is 0.573 e. The van der Waals surface area contributed by atoms with E-state index in [2.05, 4.69) is 25.6 Å². The van der Waals surface area contributed by atoms with Gasteiger partial charge >= 0.3 is 6.36 Å². The van der Waals surface area contributed by atoms with E-state index in [1.165, 1.54) is 12.1 Å². The molecular weight excluding hydrogens is 339 g/mol. The summed E-state index contributed by atoms with van der Waals surface area (Å²) in [7, 11) is 0. The van der Waals surface area contributed by atoms with Crippen molar-refractivity contribution >= 4 is 15.9 Å². The maximum absolute atomic E-state index is 12.3. The SMILES string of the molecule is C[C@H]1CN(Cc2cc(Br)cc(OC(F)(F)F)c2)CCO1. The molecule has 1 saturated heterocycles. The highest BCUT2D eigenvalue weighted by Gasteiger charge is 2.31. The number of benzene rings is 1. The first-order valence-electron chi connectivity index (χ1n) is 6.21. The van der Waals surface area contributed by atoms with E-state index in [0.29, 0.717) is 17.6 Å². The molecule has 0 unspecified atom stereocenters. The molecule has 1 atom stereocenters. The van der Waals surface area contributed by atoms with Crippen LogP contribution in [0.3, 0.4) is 0 Å². The van der Waals surface area contributed by atoms with Crippen molar-refractivity contribution in [2.45, 2.75) is 25.9 Å². The van der Waals surface area contributed by atoms with Gasteiger partial charge in [-0.1, -0.05) is 15.9 Å². The van der Waals surface area contributed by atoms with Crippen molar-refractivity contribution in [3.05, 3.63) is 28.2 Å². The highest BCUT2D eigenvalue weighted by atomic mass is 79.9. The Bertz CT molecular complexity index is 467. The van der Waals surface area contributed by atoms with Crippen molar-refractivity contribution in [1.29, 1.82) is 0 Å². The van der Waals surface area contributed by atoms with E-state index in [1.807, 2.05) is 6.92 Å². The van der Waals surface area contributed by atoms with Gasteiger partial charge in [-0.2, -0.15) is 0 Å². The molecule has 1 fully saturated rings. The Morgan fingerprint density at radius 1 is 1.40 bits per heavy atom. The molecule has 0 saturated carbocycles. The molecule has 0 bridgehead atoms. The van der Waals surface area contributed by atoms with Gasteiger partial charge in [0.15, 0.2) is 0 Å². The van der Waals surface area contributed by atoms with Crippen molar-refractivity contribution in [3.63, 3.8) is 0 Å². The lowest BCUT2D eigenvalue weighted by Crippen LogP contribution is -2.40. The van der Waals surface area contributed by atoms with E-state index in [9.17, 15) is 13.2 Å². The van der Waals surface area contributed by atoms with Crippen LogP contribution in [0.15, 0.2) is 22.7 Å². The number of hydrogen-bond donors (Lipinski definition) is 0. The monoisotopic (exact) mass is 353 g/mol. The third-order valence-corrected chi connectivity index (χ3v) is 3.35. The summed E-state index contributed by atoms with van der Waals surface area (Å²) in [6, 6.07) is 4.51. The Morgan fingerprint density at radius 2 is 2.15 bits per heavy atom. The van der Waals surface area contributed by atoms with Gasteiger partial charge in [0, 0.05) is 24.1 Å². The molecule has 1 aromatic carbocycles. The van der Waals surface area contributed by atoms with E-state index in [0.717, 1.165) is 18.7 Å². The Kier molecular flexibility index (Phi) is 4.93. The quantitative estimate of drug-likeness (QED) is 0.829. The number of rotatable bonds is 3. The van der Waals surface area contributed by atoms with Crippen LogP contribution in [0.4, 0.5) is 13.2 Å². The van der Waals surface area contributed by atoms with Crippen molar-refractivity contribution in [2.75, 3.05) is 19.7 Å². The molecular formula is C13H15BrF3NO2. The first kappa shape index (κ1) is 15.6. The molecule has 0 aromatic heterocycles. The van der Waals surface area contributed by atoms with Crippen LogP contribution in [0.2, 0.25) is 0 Å². The molecule has 20 heavy (non-hydrogen) atoms. The Balaban J connectivity index is 2.07. The first-order valence-corrected chi connectivity index (χ1v) is 7.00. The van der Waals surface area contributed by atoms with Gasteiger partial charge in [-0.05, 0) is 30.7 Å². The van der Waals surface area contributed by atoms with E-state index in [1.54, 1.807) is 6.07 Å². The summed E-state index contributed by atoms with van der Waals surface area (Å²) in [4.78, 5) is 2.15.